The molecule has 0 aromatic heterocycles. The predicted octanol–water partition coefficient (Wildman–Crippen LogP) is 3.40. The molecule has 0 aliphatic heterocycles. The van der Waals surface area contributed by atoms with Crippen molar-refractivity contribution in [3.8, 4) is 5.75 Å². The normalized spacial score (nSPS) is 11.2. The first-order chi connectivity index (χ1) is 11.6. The lowest BCUT2D eigenvalue weighted by Crippen LogP contribution is -2.19. The Kier molecular flexibility index (Phi) is 6.11. The molecule has 0 unspecified atom stereocenters. The first-order valence-electron chi connectivity index (χ1n) is 6.60. The molecule has 0 amide bonds. The van der Waals surface area contributed by atoms with Gasteiger partial charge in [-0.15, -0.1) is 0 Å². The molecule has 2 aromatic rings. The Hall–Kier alpha value is -2.01. The number of sulfonamides is 1. The summed E-state index contributed by atoms with van der Waals surface area (Å²) in [7, 11) is -3.77. The Morgan fingerprint density at radius 2 is 1.68 bits per heavy atom. The molecule has 0 saturated heterocycles. The van der Waals surface area contributed by atoms with Crippen molar-refractivity contribution in [3.05, 3.63) is 47.5 Å². The predicted molar refractivity (Wildman–Crippen MR) is 95.7 cm³/mol. The highest BCUT2D eigenvalue weighted by atomic mass is 35.5. The van der Waals surface area contributed by atoms with Gasteiger partial charge in [0, 0.05) is 11.4 Å². The SMILES string of the molecule is NS(=O)(=O)c1ccc(NC(=S)Nc2ccc(OC(F)F)c(Cl)c2)cc1. The Labute approximate surface area is 153 Å². The minimum absolute atomic E-state index is 0.00870. The number of nitrogens with one attached hydrogen (secondary N) is 2. The summed E-state index contributed by atoms with van der Waals surface area (Å²) in [5.41, 5.74) is 0.971. The number of nitrogens with two attached hydrogens (primary N) is 1. The molecule has 0 bridgehead atoms. The van der Waals surface area contributed by atoms with Crippen molar-refractivity contribution in [2.75, 3.05) is 10.6 Å². The van der Waals surface area contributed by atoms with Gasteiger partial charge in [0.2, 0.25) is 10.0 Å². The fourth-order valence-corrected chi connectivity index (χ4v) is 2.77. The van der Waals surface area contributed by atoms with E-state index >= 15 is 0 Å². The number of anilines is 2. The summed E-state index contributed by atoms with van der Waals surface area (Å²) in [6, 6.07) is 9.74. The summed E-state index contributed by atoms with van der Waals surface area (Å²) in [6.07, 6.45) is 0. The average molecular weight is 408 g/mol. The molecule has 0 atom stereocenters. The van der Waals surface area contributed by atoms with E-state index in [0.717, 1.165) is 0 Å². The number of ether oxygens (including phenoxy) is 1. The molecule has 0 aliphatic rings. The van der Waals surface area contributed by atoms with Crippen LogP contribution in [0.3, 0.4) is 0 Å². The summed E-state index contributed by atoms with van der Waals surface area (Å²) in [5, 5.41) is 10.8. The summed E-state index contributed by atoms with van der Waals surface area (Å²) < 4.78 is 51.0. The second-order valence-corrected chi connectivity index (χ2v) is 7.05. The number of hydrogen-bond donors (Lipinski definition) is 3. The molecule has 0 heterocycles. The van der Waals surface area contributed by atoms with Crippen molar-refractivity contribution in [1.82, 2.24) is 0 Å². The first kappa shape index (κ1) is 19.3. The van der Waals surface area contributed by atoms with Crippen LogP contribution in [-0.4, -0.2) is 20.1 Å². The Morgan fingerprint density at radius 1 is 1.12 bits per heavy atom. The van der Waals surface area contributed by atoms with Gasteiger partial charge in [-0.3, -0.25) is 0 Å². The molecule has 11 heteroatoms. The maximum absolute atomic E-state index is 12.2. The fraction of sp³-hybridized carbons (Fsp3) is 0.0714. The minimum Gasteiger partial charge on any atom is -0.433 e. The van der Waals surface area contributed by atoms with Crippen LogP contribution in [0.1, 0.15) is 0 Å². The van der Waals surface area contributed by atoms with Gasteiger partial charge in [0.25, 0.3) is 0 Å². The molecular weight excluding hydrogens is 396 g/mol. The maximum atomic E-state index is 12.2. The number of primary sulfonamides is 1. The van der Waals surface area contributed by atoms with Gasteiger partial charge < -0.3 is 15.4 Å². The highest BCUT2D eigenvalue weighted by molar-refractivity contribution is 7.89. The zero-order valence-electron chi connectivity index (χ0n) is 12.4. The van der Waals surface area contributed by atoms with E-state index in [2.05, 4.69) is 15.4 Å². The molecule has 2 aromatic carbocycles. The molecule has 134 valence electrons. The van der Waals surface area contributed by atoms with Crippen LogP contribution in [-0.2, 0) is 10.0 Å². The Bertz CT molecular complexity index is 877. The molecule has 0 radical (unpaired) electrons. The number of rotatable bonds is 5. The molecule has 25 heavy (non-hydrogen) atoms. The molecule has 0 aliphatic carbocycles. The maximum Gasteiger partial charge on any atom is 0.387 e. The van der Waals surface area contributed by atoms with Gasteiger partial charge in [-0.25, -0.2) is 13.6 Å². The number of hydrogen-bond acceptors (Lipinski definition) is 4. The summed E-state index contributed by atoms with van der Waals surface area (Å²) >= 11 is 11.0. The number of thiocarbonyl (C=S) groups is 1. The van der Waals surface area contributed by atoms with E-state index in [4.69, 9.17) is 29.0 Å². The van der Waals surface area contributed by atoms with Gasteiger partial charge in [-0.2, -0.15) is 8.78 Å². The average Bonchev–Trinajstić information content (AvgIpc) is 2.49. The lowest BCUT2D eigenvalue weighted by Gasteiger charge is -2.12. The summed E-state index contributed by atoms with van der Waals surface area (Å²) in [5.74, 6) is -0.153. The van der Waals surface area contributed by atoms with Crippen LogP contribution >= 0.6 is 23.8 Å². The third-order valence-corrected chi connectivity index (χ3v) is 4.28. The van der Waals surface area contributed by atoms with Crippen molar-refractivity contribution in [1.29, 1.82) is 0 Å². The van der Waals surface area contributed by atoms with Crippen LogP contribution in [0.25, 0.3) is 0 Å². The van der Waals surface area contributed by atoms with Gasteiger partial charge in [-0.1, -0.05) is 11.6 Å². The Morgan fingerprint density at radius 3 is 2.20 bits per heavy atom. The third kappa shape index (κ3) is 5.78. The van der Waals surface area contributed by atoms with Crippen molar-refractivity contribution < 1.29 is 21.9 Å². The standard InChI is InChI=1S/C14H12ClF2N3O3S2/c15-11-7-9(3-6-12(11)23-13(16)17)20-14(24)19-8-1-4-10(5-2-8)25(18,21)22/h1-7,13H,(H2,18,21,22)(H2,19,20,24). The van der Waals surface area contributed by atoms with Crippen molar-refractivity contribution in [3.63, 3.8) is 0 Å². The van der Waals surface area contributed by atoms with Crippen LogP contribution in [0.5, 0.6) is 5.75 Å². The molecule has 0 spiro atoms. The van der Waals surface area contributed by atoms with Crippen molar-refractivity contribution in [2.45, 2.75) is 11.5 Å². The number of benzene rings is 2. The van der Waals surface area contributed by atoms with Gasteiger partial charge >= 0.3 is 6.61 Å². The summed E-state index contributed by atoms with van der Waals surface area (Å²) in [4.78, 5) is -0.0293. The monoisotopic (exact) mass is 407 g/mol. The largest absolute Gasteiger partial charge is 0.433 e. The van der Waals surface area contributed by atoms with Gasteiger partial charge in [0.05, 0.1) is 9.92 Å². The van der Waals surface area contributed by atoms with Gasteiger partial charge in [-0.05, 0) is 54.7 Å². The van der Waals surface area contributed by atoms with Gasteiger partial charge in [0.1, 0.15) is 5.75 Å². The Balaban J connectivity index is 2.01. The lowest BCUT2D eigenvalue weighted by atomic mass is 10.3. The highest BCUT2D eigenvalue weighted by Crippen LogP contribution is 2.29. The van der Waals surface area contributed by atoms with Crippen LogP contribution in [0.15, 0.2) is 47.4 Å². The van der Waals surface area contributed by atoms with Crippen LogP contribution in [0.4, 0.5) is 20.2 Å². The molecular formula is C14H12ClF2N3O3S2. The van der Waals surface area contributed by atoms with E-state index in [0.29, 0.717) is 11.4 Å². The van der Waals surface area contributed by atoms with E-state index in [-0.39, 0.29) is 20.8 Å². The van der Waals surface area contributed by atoms with E-state index in [9.17, 15) is 17.2 Å². The molecule has 2 rings (SSSR count). The number of alkyl halides is 2. The quantitative estimate of drug-likeness (QED) is 0.658. The second-order valence-electron chi connectivity index (χ2n) is 4.67. The number of halogens is 3. The van der Waals surface area contributed by atoms with Crippen molar-refractivity contribution >= 4 is 50.3 Å². The van der Waals surface area contributed by atoms with Crippen LogP contribution in [0.2, 0.25) is 5.02 Å². The van der Waals surface area contributed by atoms with E-state index in [1.807, 2.05) is 0 Å². The topological polar surface area (TPSA) is 93.5 Å². The molecule has 6 nitrogen and oxygen atoms in total. The zero-order chi connectivity index (χ0) is 18.6. The minimum atomic E-state index is -3.77. The zero-order valence-corrected chi connectivity index (χ0v) is 14.8. The molecule has 0 saturated carbocycles. The van der Waals surface area contributed by atoms with Crippen LogP contribution < -0.4 is 20.5 Å². The first-order valence-corrected chi connectivity index (χ1v) is 8.93. The highest BCUT2D eigenvalue weighted by Gasteiger charge is 2.10. The second kappa shape index (κ2) is 7.91. The third-order valence-electron chi connectivity index (χ3n) is 2.85. The van der Waals surface area contributed by atoms with E-state index in [1.165, 1.54) is 42.5 Å². The van der Waals surface area contributed by atoms with E-state index in [1.54, 1.807) is 0 Å². The van der Waals surface area contributed by atoms with Gasteiger partial charge in [0.15, 0.2) is 5.11 Å². The summed E-state index contributed by atoms with van der Waals surface area (Å²) in [6.45, 7) is -2.97. The van der Waals surface area contributed by atoms with E-state index < -0.39 is 16.6 Å². The van der Waals surface area contributed by atoms with Crippen molar-refractivity contribution in [2.24, 2.45) is 5.14 Å². The molecule has 0 fully saturated rings. The van der Waals surface area contributed by atoms with Crippen LogP contribution in [0, 0.1) is 0 Å². The molecule has 4 N–H and O–H groups in total. The lowest BCUT2D eigenvalue weighted by molar-refractivity contribution is -0.0497. The smallest absolute Gasteiger partial charge is 0.387 e. The fourth-order valence-electron chi connectivity index (χ4n) is 1.79.